The zero-order valence-electron chi connectivity index (χ0n) is 40.8. The Hall–Kier alpha value is -6.64. The third-order valence-corrected chi connectivity index (χ3v) is 19.5. The van der Waals surface area contributed by atoms with Crippen LogP contribution in [0, 0.1) is 0 Å². The highest BCUT2D eigenvalue weighted by Crippen LogP contribution is 2.66. The molecule has 0 aromatic heterocycles. The molecule has 69 heavy (non-hydrogen) atoms. The molecule has 0 bridgehead atoms. The molecule has 6 aliphatic rings. The van der Waals surface area contributed by atoms with Gasteiger partial charge in [0.25, 0.3) is 0 Å². The third kappa shape index (κ3) is 5.33. The number of hydrogen-bond acceptors (Lipinski definition) is 2. The standard InChI is InChI=1S/C67H62N2/c1-63-37-17-7-19-39-65(63,3)68(49-21-9-5-10-22-49)61-35-31-47(43-59(61)63)45-29-33-53-54-34-30-46(42-58(54)67(57(53)41-45)55-27-15-13-25-51(55)52-26-14-16-28-56(52)67)48-32-36-62-60(44-48)64(2)38-18-8-20-40-66(64,4)69(62)50-23-11-6-12-24-50/h5-6,9-16,21-36,41-44H,7-8,17-20,37-40H2,1-4H3. The average molecular weight is 895 g/mol. The molecule has 8 aromatic carbocycles. The van der Waals surface area contributed by atoms with Crippen LogP contribution in [0.5, 0.6) is 0 Å². The van der Waals surface area contributed by atoms with Gasteiger partial charge in [0.2, 0.25) is 0 Å². The van der Waals surface area contributed by atoms with Crippen LogP contribution in [-0.2, 0) is 16.2 Å². The first-order chi connectivity index (χ1) is 33.7. The highest BCUT2D eigenvalue weighted by Gasteiger charge is 2.59. The monoisotopic (exact) mass is 894 g/mol. The number of hydrogen-bond donors (Lipinski definition) is 0. The van der Waals surface area contributed by atoms with Crippen molar-refractivity contribution >= 4 is 22.7 Å². The fourth-order valence-electron chi connectivity index (χ4n) is 15.6. The molecule has 2 heteroatoms. The van der Waals surface area contributed by atoms with Gasteiger partial charge in [0.05, 0.1) is 16.5 Å². The zero-order valence-corrected chi connectivity index (χ0v) is 40.8. The summed E-state index contributed by atoms with van der Waals surface area (Å²) in [5.74, 6) is 0. The smallest absolute Gasteiger partial charge is 0.0725 e. The van der Waals surface area contributed by atoms with Gasteiger partial charge in [-0.25, -0.2) is 0 Å². The van der Waals surface area contributed by atoms with Crippen LogP contribution in [0.15, 0.2) is 182 Å². The minimum absolute atomic E-state index is 0.00237. The predicted octanol–water partition coefficient (Wildman–Crippen LogP) is 17.6. The summed E-state index contributed by atoms with van der Waals surface area (Å²) in [5, 5.41) is 0. The van der Waals surface area contributed by atoms with Crippen molar-refractivity contribution < 1.29 is 0 Å². The second-order valence-electron chi connectivity index (χ2n) is 22.5. The topological polar surface area (TPSA) is 6.48 Å². The molecule has 8 aromatic rings. The van der Waals surface area contributed by atoms with Gasteiger partial charge in [-0.1, -0.05) is 174 Å². The summed E-state index contributed by atoms with van der Waals surface area (Å²) < 4.78 is 0. The van der Waals surface area contributed by atoms with E-state index in [1.807, 2.05) is 0 Å². The molecule has 0 saturated heterocycles. The fraction of sp³-hybridized carbons (Fsp3) is 0.284. The molecule has 4 unspecified atom stereocenters. The van der Waals surface area contributed by atoms with E-state index in [1.165, 1.54) is 165 Å². The highest BCUT2D eigenvalue weighted by molar-refractivity contribution is 5.97. The van der Waals surface area contributed by atoms with Crippen molar-refractivity contribution in [2.75, 3.05) is 9.80 Å². The first-order valence-corrected chi connectivity index (χ1v) is 26.2. The van der Waals surface area contributed by atoms with E-state index in [1.54, 1.807) is 0 Å². The molecule has 2 nitrogen and oxygen atoms in total. The number of fused-ring (bicyclic) bond motifs is 16. The summed E-state index contributed by atoms with van der Waals surface area (Å²) in [5.41, 5.74) is 24.2. The molecule has 0 N–H and O–H groups in total. The quantitative estimate of drug-likeness (QED) is 0.174. The van der Waals surface area contributed by atoms with Crippen LogP contribution in [0.25, 0.3) is 44.5 Å². The Bertz CT molecular complexity index is 3160. The van der Waals surface area contributed by atoms with Gasteiger partial charge in [-0.2, -0.15) is 0 Å². The van der Waals surface area contributed by atoms with E-state index < -0.39 is 5.41 Å². The average Bonchev–Trinajstić information content (AvgIpc) is 3.88. The summed E-state index contributed by atoms with van der Waals surface area (Å²) in [6, 6.07) is 70.9. The predicted molar refractivity (Wildman–Crippen MR) is 288 cm³/mol. The van der Waals surface area contributed by atoms with Crippen LogP contribution in [0.3, 0.4) is 0 Å². The molecule has 2 fully saturated rings. The molecule has 4 aliphatic carbocycles. The molecular formula is C67H62N2. The summed E-state index contributed by atoms with van der Waals surface area (Å²) in [4.78, 5) is 5.43. The lowest BCUT2D eigenvalue weighted by molar-refractivity contribution is 0.261. The van der Waals surface area contributed by atoms with Crippen molar-refractivity contribution in [3.63, 3.8) is 0 Å². The number of anilines is 4. The lowest BCUT2D eigenvalue weighted by Gasteiger charge is -2.46. The van der Waals surface area contributed by atoms with Crippen molar-refractivity contribution in [3.05, 3.63) is 215 Å². The van der Waals surface area contributed by atoms with Gasteiger partial charge in [-0.15, -0.1) is 0 Å². The van der Waals surface area contributed by atoms with Gasteiger partial charge in [-0.3, -0.25) is 0 Å². The first kappa shape index (κ1) is 41.3. The van der Waals surface area contributed by atoms with Gasteiger partial charge >= 0.3 is 0 Å². The third-order valence-electron chi connectivity index (χ3n) is 19.5. The Morgan fingerprint density at radius 2 is 0.652 bits per heavy atom. The van der Waals surface area contributed by atoms with Crippen LogP contribution in [0.4, 0.5) is 22.7 Å². The molecule has 2 saturated carbocycles. The summed E-state index contributed by atoms with van der Waals surface area (Å²) >= 11 is 0. The van der Waals surface area contributed by atoms with E-state index in [2.05, 4.69) is 219 Å². The molecule has 2 aliphatic heterocycles. The summed E-state index contributed by atoms with van der Waals surface area (Å²) in [6.07, 6.45) is 12.5. The molecule has 14 rings (SSSR count). The van der Waals surface area contributed by atoms with Crippen molar-refractivity contribution in [1.82, 2.24) is 0 Å². The van der Waals surface area contributed by atoms with E-state index in [4.69, 9.17) is 0 Å². The summed E-state index contributed by atoms with van der Waals surface area (Å²) in [6.45, 7) is 10.3. The first-order valence-electron chi connectivity index (χ1n) is 26.2. The molecule has 340 valence electrons. The Labute approximate surface area is 409 Å². The summed E-state index contributed by atoms with van der Waals surface area (Å²) in [7, 11) is 0. The van der Waals surface area contributed by atoms with Crippen LogP contribution >= 0.6 is 0 Å². The molecular weight excluding hydrogens is 833 g/mol. The number of nitrogens with zero attached hydrogens (tertiary/aromatic N) is 2. The Morgan fingerprint density at radius 3 is 1.09 bits per heavy atom. The Morgan fingerprint density at radius 1 is 0.304 bits per heavy atom. The second-order valence-corrected chi connectivity index (χ2v) is 22.5. The minimum atomic E-state index is -0.455. The zero-order chi connectivity index (χ0) is 46.3. The lowest BCUT2D eigenvalue weighted by atomic mass is 9.66. The van der Waals surface area contributed by atoms with Crippen molar-refractivity contribution in [2.45, 2.75) is 119 Å². The van der Waals surface area contributed by atoms with E-state index in [0.29, 0.717) is 0 Å². The van der Waals surface area contributed by atoms with Crippen LogP contribution in [0.1, 0.15) is 125 Å². The molecule has 4 atom stereocenters. The highest BCUT2D eigenvalue weighted by atomic mass is 15.3. The molecule has 0 radical (unpaired) electrons. The SMILES string of the molecule is CC12CCCCCC1(C)N(c1ccccc1)c1ccc(-c3ccc4c(c3)C3(c5ccccc5-c5ccccc53)c3cc(-c5ccc6c(c5)C5(C)CCCCCC5(C)N6c5ccccc5)ccc3-4)cc12. The molecule has 2 heterocycles. The van der Waals surface area contributed by atoms with Crippen LogP contribution < -0.4 is 9.80 Å². The van der Waals surface area contributed by atoms with E-state index >= 15 is 0 Å². The maximum absolute atomic E-state index is 2.71. The van der Waals surface area contributed by atoms with E-state index in [-0.39, 0.29) is 21.9 Å². The van der Waals surface area contributed by atoms with Gasteiger partial charge in [-0.05, 0) is 178 Å². The number of benzene rings is 8. The van der Waals surface area contributed by atoms with Crippen molar-refractivity contribution in [3.8, 4) is 44.5 Å². The maximum atomic E-state index is 2.71. The van der Waals surface area contributed by atoms with Crippen molar-refractivity contribution in [2.24, 2.45) is 0 Å². The normalized spacial score (nSPS) is 25.4. The van der Waals surface area contributed by atoms with Gasteiger partial charge in [0, 0.05) is 33.6 Å². The van der Waals surface area contributed by atoms with Crippen LogP contribution in [0.2, 0.25) is 0 Å². The molecule has 1 spiro atoms. The molecule has 0 amide bonds. The van der Waals surface area contributed by atoms with Gasteiger partial charge in [0.1, 0.15) is 0 Å². The minimum Gasteiger partial charge on any atom is -0.334 e. The largest absolute Gasteiger partial charge is 0.334 e. The van der Waals surface area contributed by atoms with Crippen molar-refractivity contribution in [1.29, 1.82) is 0 Å². The van der Waals surface area contributed by atoms with Gasteiger partial charge < -0.3 is 9.80 Å². The maximum Gasteiger partial charge on any atom is 0.0725 e. The van der Waals surface area contributed by atoms with E-state index in [0.717, 1.165) is 0 Å². The van der Waals surface area contributed by atoms with Gasteiger partial charge in [0.15, 0.2) is 0 Å². The lowest BCUT2D eigenvalue weighted by Crippen LogP contribution is -2.52. The fourth-order valence-corrected chi connectivity index (χ4v) is 15.6. The van der Waals surface area contributed by atoms with Crippen LogP contribution in [-0.4, -0.2) is 11.1 Å². The number of rotatable bonds is 4. The second kappa shape index (κ2) is 14.7. The van der Waals surface area contributed by atoms with E-state index in [9.17, 15) is 0 Å². The number of para-hydroxylation sites is 2. The Balaban J connectivity index is 0.945. The Kier molecular flexibility index (Phi) is 8.80.